The van der Waals surface area contributed by atoms with Gasteiger partial charge in [-0.05, 0) is 19.8 Å². The minimum absolute atomic E-state index is 0.0371. The van der Waals surface area contributed by atoms with Crippen LogP contribution < -0.4 is 0 Å². The lowest BCUT2D eigenvalue weighted by Crippen LogP contribution is -2.23. The smallest absolute Gasteiger partial charge is 0.309 e. The van der Waals surface area contributed by atoms with Crippen molar-refractivity contribution in [3.63, 3.8) is 0 Å². The van der Waals surface area contributed by atoms with Crippen molar-refractivity contribution in [2.75, 3.05) is 13.2 Å². The fourth-order valence-corrected chi connectivity index (χ4v) is 1.68. The third-order valence-corrected chi connectivity index (χ3v) is 2.49. The van der Waals surface area contributed by atoms with E-state index in [1.54, 1.807) is 6.92 Å². The first-order valence-electron chi connectivity index (χ1n) is 5.55. The van der Waals surface area contributed by atoms with Gasteiger partial charge in [-0.25, -0.2) is 0 Å². The summed E-state index contributed by atoms with van der Waals surface area (Å²) in [6, 6.07) is 0. The zero-order valence-corrected chi connectivity index (χ0v) is 9.72. The SMILES string of the molecule is CC1CC(CCOC=O)C(=O)OCCC(=O)O1. The number of cyclic esters (lactones) is 2. The van der Waals surface area contributed by atoms with Crippen LogP contribution in [-0.2, 0) is 28.6 Å². The van der Waals surface area contributed by atoms with Crippen LogP contribution in [0.3, 0.4) is 0 Å². The number of rotatable bonds is 4. The topological polar surface area (TPSA) is 78.9 Å². The van der Waals surface area contributed by atoms with Gasteiger partial charge in [0, 0.05) is 0 Å². The van der Waals surface area contributed by atoms with E-state index in [0.717, 1.165) is 0 Å². The van der Waals surface area contributed by atoms with Crippen LogP contribution in [-0.4, -0.2) is 37.7 Å². The van der Waals surface area contributed by atoms with E-state index in [0.29, 0.717) is 19.3 Å². The van der Waals surface area contributed by atoms with Crippen LogP contribution in [0.4, 0.5) is 0 Å². The van der Waals surface area contributed by atoms with Gasteiger partial charge in [0.2, 0.25) is 0 Å². The summed E-state index contributed by atoms with van der Waals surface area (Å²) in [5.74, 6) is -1.14. The highest BCUT2D eigenvalue weighted by Gasteiger charge is 2.26. The molecule has 0 saturated carbocycles. The maximum absolute atomic E-state index is 11.6. The number of esters is 2. The number of carbonyl (C=O) groups is 3. The molecule has 6 heteroatoms. The molecular weight excluding hydrogens is 228 g/mol. The quantitative estimate of drug-likeness (QED) is 0.309. The molecule has 96 valence electrons. The fraction of sp³-hybridized carbons (Fsp3) is 0.727. The van der Waals surface area contributed by atoms with Crippen molar-refractivity contribution >= 4 is 18.4 Å². The molecule has 0 spiro atoms. The zero-order chi connectivity index (χ0) is 12.7. The Balaban J connectivity index is 2.54. The Morgan fingerprint density at radius 1 is 1.47 bits per heavy atom. The summed E-state index contributed by atoms with van der Waals surface area (Å²) in [4.78, 5) is 32.8. The molecule has 1 saturated heterocycles. The molecule has 2 atom stereocenters. The van der Waals surface area contributed by atoms with Crippen molar-refractivity contribution < 1.29 is 28.6 Å². The van der Waals surface area contributed by atoms with Gasteiger partial charge in [-0.1, -0.05) is 0 Å². The predicted octanol–water partition coefficient (Wildman–Crippen LogP) is 0.434. The monoisotopic (exact) mass is 244 g/mol. The average molecular weight is 244 g/mol. The summed E-state index contributed by atoms with van der Waals surface area (Å²) in [5, 5.41) is 0. The summed E-state index contributed by atoms with van der Waals surface area (Å²) in [5.41, 5.74) is 0. The van der Waals surface area contributed by atoms with Crippen LogP contribution in [0.2, 0.25) is 0 Å². The summed E-state index contributed by atoms with van der Waals surface area (Å²) in [6.45, 7) is 2.26. The van der Waals surface area contributed by atoms with Crippen molar-refractivity contribution in [3.8, 4) is 0 Å². The normalized spacial score (nSPS) is 25.9. The Labute approximate surface area is 99.2 Å². The lowest BCUT2D eigenvalue weighted by molar-refractivity contribution is -0.150. The van der Waals surface area contributed by atoms with Crippen LogP contribution in [0.15, 0.2) is 0 Å². The van der Waals surface area contributed by atoms with E-state index in [-0.39, 0.29) is 37.7 Å². The van der Waals surface area contributed by atoms with Crippen LogP contribution >= 0.6 is 0 Å². The number of hydrogen-bond donors (Lipinski definition) is 0. The zero-order valence-electron chi connectivity index (χ0n) is 9.72. The predicted molar refractivity (Wildman–Crippen MR) is 55.9 cm³/mol. The summed E-state index contributed by atoms with van der Waals surface area (Å²) >= 11 is 0. The molecule has 0 bridgehead atoms. The first kappa shape index (κ1) is 13.5. The van der Waals surface area contributed by atoms with Gasteiger partial charge < -0.3 is 14.2 Å². The van der Waals surface area contributed by atoms with E-state index < -0.39 is 5.92 Å². The molecule has 1 heterocycles. The van der Waals surface area contributed by atoms with E-state index >= 15 is 0 Å². The van der Waals surface area contributed by atoms with Crippen molar-refractivity contribution in [2.24, 2.45) is 5.92 Å². The average Bonchev–Trinajstić information content (AvgIpc) is 2.31. The Hall–Kier alpha value is -1.59. The second-order valence-corrected chi connectivity index (χ2v) is 3.91. The van der Waals surface area contributed by atoms with Gasteiger partial charge in [-0.3, -0.25) is 14.4 Å². The highest BCUT2D eigenvalue weighted by Crippen LogP contribution is 2.18. The van der Waals surface area contributed by atoms with Gasteiger partial charge in [-0.2, -0.15) is 0 Å². The third kappa shape index (κ3) is 4.84. The third-order valence-electron chi connectivity index (χ3n) is 2.49. The first-order chi connectivity index (χ1) is 8.13. The minimum Gasteiger partial charge on any atom is -0.468 e. The van der Waals surface area contributed by atoms with Crippen LogP contribution in [0, 0.1) is 5.92 Å². The van der Waals surface area contributed by atoms with E-state index in [2.05, 4.69) is 4.74 Å². The van der Waals surface area contributed by atoms with Gasteiger partial charge in [0.1, 0.15) is 6.61 Å². The van der Waals surface area contributed by atoms with Crippen molar-refractivity contribution in [1.29, 1.82) is 0 Å². The number of hydrogen-bond acceptors (Lipinski definition) is 6. The van der Waals surface area contributed by atoms with Gasteiger partial charge in [0.15, 0.2) is 0 Å². The molecule has 0 aromatic carbocycles. The van der Waals surface area contributed by atoms with E-state index in [9.17, 15) is 14.4 Å². The molecular formula is C11H16O6. The molecule has 1 aliphatic heterocycles. The highest BCUT2D eigenvalue weighted by atomic mass is 16.6. The van der Waals surface area contributed by atoms with E-state index in [4.69, 9.17) is 9.47 Å². The molecule has 17 heavy (non-hydrogen) atoms. The standard InChI is InChI=1S/C11H16O6/c1-8-6-9(2-4-15-7-12)11(14)16-5-3-10(13)17-8/h7-9H,2-6H2,1H3. The van der Waals surface area contributed by atoms with Crippen LogP contribution in [0.5, 0.6) is 0 Å². The molecule has 2 unspecified atom stereocenters. The fourth-order valence-electron chi connectivity index (χ4n) is 1.68. The van der Waals surface area contributed by atoms with Gasteiger partial charge in [0.25, 0.3) is 6.47 Å². The van der Waals surface area contributed by atoms with Gasteiger partial charge in [0.05, 0.1) is 25.0 Å². The second-order valence-electron chi connectivity index (χ2n) is 3.91. The molecule has 0 aromatic heterocycles. The molecule has 1 fully saturated rings. The molecule has 0 aromatic rings. The molecule has 6 nitrogen and oxygen atoms in total. The molecule has 0 radical (unpaired) electrons. The minimum atomic E-state index is -0.407. The largest absolute Gasteiger partial charge is 0.468 e. The van der Waals surface area contributed by atoms with E-state index in [1.807, 2.05) is 0 Å². The molecule has 0 N–H and O–H groups in total. The maximum atomic E-state index is 11.6. The second kappa shape index (κ2) is 6.88. The Morgan fingerprint density at radius 2 is 2.24 bits per heavy atom. The Kier molecular flexibility index (Phi) is 5.45. The molecule has 1 rings (SSSR count). The summed E-state index contributed by atoms with van der Waals surface area (Å²) in [6.07, 6.45) is 0.495. The van der Waals surface area contributed by atoms with Crippen molar-refractivity contribution in [2.45, 2.75) is 32.3 Å². The van der Waals surface area contributed by atoms with Crippen molar-refractivity contribution in [1.82, 2.24) is 0 Å². The van der Waals surface area contributed by atoms with Gasteiger partial charge >= 0.3 is 11.9 Å². The van der Waals surface area contributed by atoms with E-state index in [1.165, 1.54) is 0 Å². The highest BCUT2D eigenvalue weighted by molar-refractivity contribution is 5.74. The molecule has 0 amide bonds. The first-order valence-corrected chi connectivity index (χ1v) is 5.55. The molecule has 0 aliphatic carbocycles. The van der Waals surface area contributed by atoms with Crippen LogP contribution in [0.25, 0.3) is 0 Å². The molecule has 1 aliphatic rings. The van der Waals surface area contributed by atoms with Gasteiger partial charge in [-0.15, -0.1) is 0 Å². The lowest BCUT2D eigenvalue weighted by Gasteiger charge is -2.17. The Morgan fingerprint density at radius 3 is 2.94 bits per heavy atom. The van der Waals surface area contributed by atoms with Crippen LogP contribution in [0.1, 0.15) is 26.2 Å². The summed E-state index contributed by atoms with van der Waals surface area (Å²) in [7, 11) is 0. The number of carbonyl (C=O) groups excluding carboxylic acids is 3. The Bertz CT molecular complexity index is 288. The lowest BCUT2D eigenvalue weighted by atomic mass is 9.99. The summed E-state index contributed by atoms with van der Waals surface area (Å²) < 4.78 is 14.6. The number of ether oxygens (including phenoxy) is 3. The maximum Gasteiger partial charge on any atom is 0.309 e. The van der Waals surface area contributed by atoms with Crippen molar-refractivity contribution in [3.05, 3.63) is 0 Å².